The van der Waals surface area contributed by atoms with Gasteiger partial charge in [-0.3, -0.25) is 9.97 Å². The van der Waals surface area contributed by atoms with Crippen LogP contribution in [0.3, 0.4) is 0 Å². The third-order valence-corrected chi connectivity index (χ3v) is 8.12. The Morgan fingerprint density at radius 2 is 1.89 bits per heavy atom. The van der Waals surface area contributed by atoms with Gasteiger partial charge in [-0.1, -0.05) is 12.1 Å². The summed E-state index contributed by atoms with van der Waals surface area (Å²) in [6.07, 6.45) is 7.61. The normalized spacial score (nSPS) is 17.5. The number of fused-ring (bicyclic) bond motifs is 1. The van der Waals surface area contributed by atoms with E-state index in [1.807, 2.05) is 54.9 Å². The predicted octanol–water partition coefficient (Wildman–Crippen LogP) is 6.40. The topological polar surface area (TPSA) is 107 Å². The average molecular weight is 524 g/mol. The molecule has 1 aromatic carbocycles. The van der Waals surface area contributed by atoms with E-state index < -0.39 is 0 Å². The van der Waals surface area contributed by atoms with Crippen LogP contribution in [-0.2, 0) is 4.74 Å². The van der Waals surface area contributed by atoms with Gasteiger partial charge in [0.15, 0.2) is 0 Å². The maximum Gasteiger partial charge on any atom is 0.348 e. The van der Waals surface area contributed by atoms with Crippen molar-refractivity contribution in [2.24, 2.45) is 11.7 Å². The smallest absolute Gasteiger partial charge is 0.348 e. The molecule has 1 fully saturated rings. The minimum atomic E-state index is -0.261. The monoisotopic (exact) mass is 523 g/mol. The Balaban J connectivity index is 1.22. The van der Waals surface area contributed by atoms with E-state index in [0.717, 1.165) is 76.1 Å². The number of aryl methyl sites for hydroxylation is 1. The van der Waals surface area contributed by atoms with Crippen molar-refractivity contribution in [1.82, 2.24) is 19.9 Å². The Hall–Kier alpha value is -3.88. The van der Waals surface area contributed by atoms with Gasteiger partial charge < -0.3 is 15.5 Å². The molecule has 0 spiro atoms. The summed E-state index contributed by atoms with van der Waals surface area (Å²) in [6.45, 7) is 2.44. The third kappa shape index (κ3) is 5.10. The second-order valence-corrected chi connectivity index (χ2v) is 10.9. The van der Waals surface area contributed by atoms with Gasteiger partial charge in [-0.05, 0) is 85.9 Å². The number of nitrogens with one attached hydrogen (secondary N) is 1. The van der Waals surface area contributed by atoms with Crippen molar-refractivity contribution >= 4 is 28.2 Å². The number of H-pyrrole nitrogens is 1. The molecular formula is C30H29N5O2S. The molecule has 4 aromatic heterocycles. The van der Waals surface area contributed by atoms with E-state index in [0.29, 0.717) is 23.4 Å². The molecule has 4 heterocycles. The number of carbonyl (C=O) groups excluding carboxylic acids is 1. The van der Waals surface area contributed by atoms with Crippen molar-refractivity contribution < 1.29 is 9.53 Å². The number of esters is 1. The summed E-state index contributed by atoms with van der Waals surface area (Å²) in [5, 5.41) is 2.98. The molecule has 1 saturated carbocycles. The first-order chi connectivity index (χ1) is 18.5. The lowest BCUT2D eigenvalue weighted by Crippen LogP contribution is -2.28. The lowest BCUT2D eigenvalue weighted by molar-refractivity contribution is 0.0412. The van der Waals surface area contributed by atoms with Crippen LogP contribution in [-0.4, -0.2) is 38.6 Å². The number of carbonyl (C=O) groups is 1. The van der Waals surface area contributed by atoms with Crippen molar-refractivity contribution in [1.29, 1.82) is 0 Å². The molecule has 5 aromatic rings. The largest absolute Gasteiger partial charge is 0.461 e. The van der Waals surface area contributed by atoms with Crippen molar-refractivity contribution in [3.05, 3.63) is 77.0 Å². The van der Waals surface area contributed by atoms with Crippen LogP contribution in [0.1, 0.15) is 41.0 Å². The minimum Gasteiger partial charge on any atom is -0.461 e. The van der Waals surface area contributed by atoms with Gasteiger partial charge in [0.1, 0.15) is 4.88 Å². The summed E-state index contributed by atoms with van der Waals surface area (Å²) in [5.41, 5.74) is 13.3. The fourth-order valence-electron chi connectivity index (χ4n) is 5.04. The van der Waals surface area contributed by atoms with Crippen LogP contribution in [0.15, 0.2) is 66.4 Å². The zero-order valence-corrected chi connectivity index (χ0v) is 22.0. The molecule has 192 valence electrons. The molecule has 1 aliphatic rings. The Kier molecular flexibility index (Phi) is 6.74. The van der Waals surface area contributed by atoms with Gasteiger partial charge in [-0.25, -0.2) is 9.78 Å². The maximum absolute atomic E-state index is 12.7. The zero-order valence-electron chi connectivity index (χ0n) is 21.2. The number of imidazole rings is 1. The molecule has 38 heavy (non-hydrogen) atoms. The molecule has 6 rings (SSSR count). The van der Waals surface area contributed by atoms with Crippen molar-refractivity contribution in [2.75, 3.05) is 6.61 Å². The molecule has 0 atom stereocenters. The summed E-state index contributed by atoms with van der Waals surface area (Å²) in [7, 11) is 0. The molecule has 3 N–H and O–H groups in total. The third-order valence-electron chi connectivity index (χ3n) is 7.21. The van der Waals surface area contributed by atoms with Crippen LogP contribution >= 0.6 is 11.3 Å². The first kappa shape index (κ1) is 24.5. The SMILES string of the molecule is Cc1cccc(-c2[nH]cnc2-c2ccc3ncc(-c4csc(C(=O)OC[C@H]5CC[C@H](N)CC5)c4)cc3c2)n1. The number of nitrogens with two attached hydrogens (primary N) is 1. The highest BCUT2D eigenvalue weighted by Gasteiger charge is 2.21. The number of ether oxygens (including phenoxy) is 1. The van der Waals surface area contributed by atoms with E-state index in [-0.39, 0.29) is 5.97 Å². The quantitative estimate of drug-likeness (QED) is 0.250. The highest BCUT2D eigenvalue weighted by Crippen LogP contribution is 2.33. The number of thiophene rings is 1. The predicted molar refractivity (Wildman–Crippen MR) is 151 cm³/mol. The minimum absolute atomic E-state index is 0.261. The lowest BCUT2D eigenvalue weighted by Gasteiger charge is -2.25. The molecule has 0 unspecified atom stereocenters. The van der Waals surface area contributed by atoms with Crippen LogP contribution in [0.25, 0.3) is 44.7 Å². The summed E-state index contributed by atoms with van der Waals surface area (Å²) in [6, 6.07) is 16.4. The number of pyridine rings is 2. The van der Waals surface area contributed by atoms with Crippen molar-refractivity contribution in [2.45, 2.75) is 38.6 Å². The number of nitrogens with zero attached hydrogens (tertiary/aromatic N) is 3. The van der Waals surface area contributed by atoms with Crippen LogP contribution in [0.2, 0.25) is 0 Å². The Bertz CT molecular complexity index is 1600. The number of benzene rings is 1. The molecule has 1 aliphatic carbocycles. The second kappa shape index (κ2) is 10.5. The molecule has 0 radical (unpaired) electrons. The fraction of sp³-hybridized carbons (Fsp3) is 0.267. The van der Waals surface area contributed by atoms with E-state index in [4.69, 9.17) is 10.5 Å². The van der Waals surface area contributed by atoms with Gasteiger partial charge in [0.25, 0.3) is 0 Å². The molecule has 0 saturated heterocycles. The molecule has 8 heteroatoms. The van der Waals surface area contributed by atoms with Crippen LogP contribution < -0.4 is 5.73 Å². The highest BCUT2D eigenvalue weighted by molar-refractivity contribution is 7.12. The van der Waals surface area contributed by atoms with Gasteiger partial charge in [0.2, 0.25) is 0 Å². The van der Waals surface area contributed by atoms with Gasteiger partial charge in [-0.15, -0.1) is 11.3 Å². The van der Waals surface area contributed by atoms with Gasteiger partial charge >= 0.3 is 5.97 Å². The van der Waals surface area contributed by atoms with E-state index in [9.17, 15) is 4.79 Å². The van der Waals surface area contributed by atoms with Gasteiger partial charge in [0.05, 0.1) is 35.5 Å². The molecular weight excluding hydrogens is 494 g/mol. The van der Waals surface area contributed by atoms with E-state index >= 15 is 0 Å². The maximum atomic E-state index is 12.7. The second-order valence-electron chi connectivity index (χ2n) is 10.0. The summed E-state index contributed by atoms with van der Waals surface area (Å²) in [4.78, 5) is 30.4. The number of hydrogen-bond donors (Lipinski definition) is 2. The molecule has 0 amide bonds. The zero-order chi connectivity index (χ0) is 26.1. The number of hydrogen-bond acceptors (Lipinski definition) is 7. The summed E-state index contributed by atoms with van der Waals surface area (Å²) in [5.74, 6) is 0.150. The standard InChI is InChI=1S/C30H29N5O2S/c1-18-3-2-4-26(35-18)29-28(33-17-34-29)20-7-10-25-21(11-20)12-22(14-32-25)23-13-27(38-16-23)30(36)37-15-19-5-8-24(31)9-6-19/h2-4,7,10-14,16-17,19,24H,5-6,8-9,15,31H2,1H3,(H,33,34)/t19-,24-. The van der Waals surface area contributed by atoms with Crippen LogP contribution in [0.5, 0.6) is 0 Å². The fourth-order valence-corrected chi connectivity index (χ4v) is 5.85. The first-order valence-electron chi connectivity index (χ1n) is 12.9. The average Bonchev–Trinajstić information content (AvgIpc) is 3.63. The van der Waals surface area contributed by atoms with Crippen molar-refractivity contribution in [3.8, 4) is 33.8 Å². The molecule has 7 nitrogen and oxygen atoms in total. The number of aromatic nitrogens is 4. The van der Waals surface area contributed by atoms with Crippen molar-refractivity contribution in [3.63, 3.8) is 0 Å². The Morgan fingerprint density at radius 1 is 1.05 bits per heavy atom. The van der Waals surface area contributed by atoms with Crippen LogP contribution in [0.4, 0.5) is 0 Å². The van der Waals surface area contributed by atoms with E-state index in [2.05, 4.69) is 32.1 Å². The number of rotatable bonds is 6. The Morgan fingerprint density at radius 3 is 2.74 bits per heavy atom. The van der Waals surface area contributed by atoms with E-state index in [1.165, 1.54) is 11.3 Å². The molecule has 0 aliphatic heterocycles. The molecule has 0 bridgehead atoms. The van der Waals surface area contributed by atoms with Crippen LogP contribution in [0, 0.1) is 12.8 Å². The Labute approximate surface area is 225 Å². The van der Waals surface area contributed by atoms with E-state index in [1.54, 1.807) is 6.33 Å². The summed E-state index contributed by atoms with van der Waals surface area (Å²) < 4.78 is 5.63. The first-order valence-corrected chi connectivity index (χ1v) is 13.8. The number of aromatic amines is 1. The summed E-state index contributed by atoms with van der Waals surface area (Å²) >= 11 is 1.40. The van der Waals surface area contributed by atoms with Gasteiger partial charge in [-0.2, -0.15) is 0 Å². The lowest BCUT2D eigenvalue weighted by atomic mass is 9.87. The highest BCUT2D eigenvalue weighted by atomic mass is 32.1. The van der Waals surface area contributed by atoms with Gasteiger partial charge in [0, 0.05) is 34.4 Å².